The van der Waals surface area contributed by atoms with Gasteiger partial charge in [-0.3, -0.25) is 0 Å². The summed E-state index contributed by atoms with van der Waals surface area (Å²) >= 11 is 0. The van der Waals surface area contributed by atoms with Crippen molar-refractivity contribution >= 4 is 0 Å². The van der Waals surface area contributed by atoms with Crippen LogP contribution in [0.15, 0.2) is 12.2 Å². The maximum atomic E-state index is 5.92. The van der Waals surface area contributed by atoms with Crippen LogP contribution >= 0.6 is 0 Å². The zero-order valence-electron chi connectivity index (χ0n) is 8.45. The van der Waals surface area contributed by atoms with Gasteiger partial charge in [0.2, 0.25) is 0 Å². The van der Waals surface area contributed by atoms with Gasteiger partial charge in [0.25, 0.3) is 0 Å². The van der Waals surface area contributed by atoms with E-state index in [1.165, 1.54) is 12.8 Å². The fraction of sp³-hybridized carbons (Fsp3) is 0.818. The first-order chi connectivity index (χ1) is 6.22. The summed E-state index contributed by atoms with van der Waals surface area (Å²) in [5.41, 5.74) is 0. The van der Waals surface area contributed by atoms with Crippen LogP contribution in [0.25, 0.3) is 0 Å². The van der Waals surface area contributed by atoms with Crippen LogP contribution in [-0.2, 0) is 9.47 Å². The Balaban J connectivity index is 2.10. The lowest BCUT2D eigenvalue weighted by molar-refractivity contribution is -0.253. The van der Waals surface area contributed by atoms with Gasteiger partial charge in [-0.05, 0) is 25.8 Å². The topological polar surface area (TPSA) is 18.5 Å². The predicted octanol–water partition coefficient (Wildman–Crippen LogP) is 2.49. The van der Waals surface area contributed by atoms with Crippen LogP contribution < -0.4 is 0 Å². The fourth-order valence-corrected chi connectivity index (χ4v) is 1.93. The Labute approximate surface area is 79.9 Å². The van der Waals surface area contributed by atoms with Gasteiger partial charge in [-0.1, -0.05) is 13.0 Å². The summed E-state index contributed by atoms with van der Waals surface area (Å²) in [4.78, 5) is 0. The van der Waals surface area contributed by atoms with Gasteiger partial charge in [-0.15, -0.1) is 0 Å². The van der Waals surface area contributed by atoms with Gasteiger partial charge in [0.1, 0.15) is 0 Å². The van der Waals surface area contributed by atoms with Crippen molar-refractivity contribution in [1.29, 1.82) is 0 Å². The molecule has 2 heteroatoms. The van der Waals surface area contributed by atoms with E-state index < -0.39 is 0 Å². The van der Waals surface area contributed by atoms with E-state index >= 15 is 0 Å². The second-order valence-corrected chi connectivity index (χ2v) is 4.16. The van der Waals surface area contributed by atoms with Gasteiger partial charge in [0, 0.05) is 12.3 Å². The molecule has 0 aromatic heterocycles. The molecule has 0 aromatic rings. The first kappa shape index (κ1) is 9.22. The van der Waals surface area contributed by atoms with Gasteiger partial charge >= 0.3 is 0 Å². The van der Waals surface area contributed by atoms with Crippen LogP contribution in [0.4, 0.5) is 0 Å². The van der Waals surface area contributed by atoms with Crippen LogP contribution in [0.5, 0.6) is 0 Å². The van der Waals surface area contributed by atoms with E-state index in [4.69, 9.17) is 9.47 Å². The van der Waals surface area contributed by atoms with Crippen LogP contribution in [0, 0.1) is 5.92 Å². The second kappa shape index (κ2) is 3.43. The predicted molar refractivity (Wildman–Crippen MR) is 51.4 cm³/mol. The van der Waals surface area contributed by atoms with Crippen LogP contribution in [0.2, 0.25) is 0 Å². The summed E-state index contributed by atoms with van der Waals surface area (Å²) in [6, 6.07) is 0. The molecule has 3 atom stereocenters. The molecule has 2 rings (SSSR count). The molecule has 0 aliphatic carbocycles. The standard InChI is InChI=1S/C11H18O2/c1-9-5-7-11(13-10(9)2)6-3-4-8-12-11/h5,7,9-10H,3-4,6,8H2,1-2H3/t9-,10+,11-/m0/s1. The van der Waals surface area contributed by atoms with Crippen LogP contribution in [0.1, 0.15) is 33.1 Å². The molecule has 0 unspecified atom stereocenters. The molecule has 2 aliphatic heterocycles. The van der Waals surface area contributed by atoms with E-state index in [1.54, 1.807) is 0 Å². The minimum Gasteiger partial charge on any atom is -0.346 e. The van der Waals surface area contributed by atoms with Crippen molar-refractivity contribution in [1.82, 2.24) is 0 Å². The molecule has 1 spiro atoms. The lowest BCUT2D eigenvalue weighted by Crippen LogP contribution is -2.43. The quantitative estimate of drug-likeness (QED) is 0.536. The highest BCUT2D eigenvalue weighted by Crippen LogP contribution is 2.34. The lowest BCUT2D eigenvalue weighted by Gasteiger charge is -2.40. The van der Waals surface area contributed by atoms with E-state index in [0.29, 0.717) is 5.92 Å². The van der Waals surface area contributed by atoms with Crippen molar-refractivity contribution in [3.63, 3.8) is 0 Å². The molecule has 2 aliphatic rings. The Bertz CT molecular complexity index is 204. The van der Waals surface area contributed by atoms with Crippen LogP contribution in [-0.4, -0.2) is 18.5 Å². The Morgan fingerprint density at radius 3 is 2.77 bits per heavy atom. The normalized spacial score (nSPS) is 45.4. The lowest BCUT2D eigenvalue weighted by atomic mass is 9.96. The number of hydrogen-bond donors (Lipinski definition) is 0. The average Bonchev–Trinajstić information content (AvgIpc) is 2.14. The zero-order valence-corrected chi connectivity index (χ0v) is 8.45. The van der Waals surface area contributed by atoms with E-state index in [0.717, 1.165) is 13.0 Å². The van der Waals surface area contributed by atoms with Crippen molar-refractivity contribution in [3.05, 3.63) is 12.2 Å². The summed E-state index contributed by atoms with van der Waals surface area (Å²) in [7, 11) is 0. The molecule has 74 valence electrons. The zero-order chi connectivity index (χ0) is 9.31. The molecule has 0 bridgehead atoms. The summed E-state index contributed by atoms with van der Waals surface area (Å²) in [6.45, 7) is 5.14. The Kier molecular flexibility index (Phi) is 2.43. The molecule has 0 N–H and O–H groups in total. The van der Waals surface area contributed by atoms with Gasteiger partial charge < -0.3 is 9.47 Å². The number of ether oxygens (including phenoxy) is 2. The molecular weight excluding hydrogens is 164 g/mol. The average molecular weight is 182 g/mol. The van der Waals surface area contributed by atoms with E-state index in [-0.39, 0.29) is 11.9 Å². The largest absolute Gasteiger partial charge is 0.346 e. The fourth-order valence-electron chi connectivity index (χ4n) is 1.93. The van der Waals surface area contributed by atoms with Crippen molar-refractivity contribution in [3.8, 4) is 0 Å². The van der Waals surface area contributed by atoms with Gasteiger partial charge in [-0.2, -0.15) is 0 Å². The second-order valence-electron chi connectivity index (χ2n) is 4.16. The molecule has 0 amide bonds. The SMILES string of the molecule is C[C@H]1C=C[C@]2(CCCCO2)O[C@@H]1C. The first-order valence-corrected chi connectivity index (χ1v) is 5.23. The van der Waals surface area contributed by atoms with Crippen molar-refractivity contribution < 1.29 is 9.47 Å². The van der Waals surface area contributed by atoms with E-state index in [1.807, 2.05) is 0 Å². The maximum Gasteiger partial charge on any atom is 0.188 e. The molecule has 1 saturated heterocycles. The highest BCUT2D eigenvalue weighted by molar-refractivity contribution is 5.05. The van der Waals surface area contributed by atoms with E-state index in [2.05, 4.69) is 26.0 Å². The number of rotatable bonds is 0. The molecular formula is C11H18O2. The highest BCUT2D eigenvalue weighted by Gasteiger charge is 2.37. The third kappa shape index (κ3) is 1.79. The minimum atomic E-state index is -0.371. The summed E-state index contributed by atoms with van der Waals surface area (Å²) in [5, 5.41) is 0. The van der Waals surface area contributed by atoms with Crippen molar-refractivity contribution in [2.75, 3.05) is 6.61 Å². The maximum absolute atomic E-state index is 5.92. The van der Waals surface area contributed by atoms with Crippen LogP contribution in [0.3, 0.4) is 0 Å². The molecule has 1 fully saturated rings. The summed E-state index contributed by atoms with van der Waals surface area (Å²) in [6.07, 6.45) is 8.01. The molecule has 2 nitrogen and oxygen atoms in total. The molecule has 2 heterocycles. The van der Waals surface area contributed by atoms with Crippen molar-refractivity contribution in [2.45, 2.75) is 45.0 Å². The monoisotopic (exact) mass is 182 g/mol. The smallest absolute Gasteiger partial charge is 0.188 e. The van der Waals surface area contributed by atoms with Gasteiger partial charge in [0.15, 0.2) is 5.79 Å². The molecule has 13 heavy (non-hydrogen) atoms. The Morgan fingerprint density at radius 1 is 1.31 bits per heavy atom. The Hall–Kier alpha value is -0.340. The van der Waals surface area contributed by atoms with Crippen molar-refractivity contribution in [2.24, 2.45) is 5.92 Å². The van der Waals surface area contributed by atoms with Gasteiger partial charge in [0.05, 0.1) is 12.7 Å². The molecule has 0 saturated carbocycles. The third-order valence-corrected chi connectivity index (χ3v) is 3.05. The summed E-state index contributed by atoms with van der Waals surface area (Å²) in [5.74, 6) is 0.139. The first-order valence-electron chi connectivity index (χ1n) is 5.23. The Morgan fingerprint density at radius 2 is 2.15 bits per heavy atom. The minimum absolute atomic E-state index is 0.281. The van der Waals surface area contributed by atoms with Gasteiger partial charge in [-0.25, -0.2) is 0 Å². The number of hydrogen-bond acceptors (Lipinski definition) is 2. The summed E-state index contributed by atoms with van der Waals surface area (Å²) < 4.78 is 11.6. The molecule has 0 radical (unpaired) electrons. The third-order valence-electron chi connectivity index (χ3n) is 3.05. The highest BCUT2D eigenvalue weighted by atomic mass is 16.7. The molecule has 0 aromatic carbocycles. The van der Waals surface area contributed by atoms with E-state index in [9.17, 15) is 0 Å².